The molecule has 2 N–H and O–H groups in total. The molecule has 0 aliphatic rings. The molecule has 0 atom stereocenters. The molecule has 8 heteroatoms. The highest BCUT2D eigenvalue weighted by molar-refractivity contribution is 5.93. The van der Waals surface area contributed by atoms with E-state index in [0.29, 0.717) is 5.75 Å². The van der Waals surface area contributed by atoms with Crippen LogP contribution in [0.1, 0.15) is 21.7 Å². The van der Waals surface area contributed by atoms with Crippen molar-refractivity contribution in [3.05, 3.63) is 53.5 Å². The number of aryl methyl sites for hydroxylation is 2. The molecule has 0 aliphatic heterocycles. The monoisotopic (exact) mass is 346 g/mol. The number of hydrogen-bond acceptors (Lipinski definition) is 6. The first kappa shape index (κ1) is 18.1. The fourth-order valence-electron chi connectivity index (χ4n) is 1.77. The van der Waals surface area contributed by atoms with Gasteiger partial charge in [-0.25, -0.2) is 4.79 Å². The average Bonchev–Trinajstić information content (AvgIpc) is 3.13. The van der Waals surface area contributed by atoms with Crippen molar-refractivity contribution in [2.45, 2.75) is 13.8 Å². The molecule has 0 saturated heterocycles. The van der Waals surface area contributed by atoms with E-state index in [-0.39, 0.29) is 12.4 Å². The summed E-state index contributed by atoms with van der Waals surface area (Å²) in [5, 5.41) is 0. The Morgan fingerprint density at radius 2 is 1.84 bits per heavy atom. The van der Waals surface area contributed by atoms with Crippen LogP contribution in [-0.4, -0.2) is 31.0 Å². The number of hydrogen-bond donors (Lipinski definition) is 2. The van der Waals surface area contributed by atoms with Crippen molar-refractivity contribution in [1.29, 1.82) is 0 Å². The minimum Gasteiger partial charge on any atom is -0.482 e. The summed E-state index contributed by atoms with van der Waals surface area (Å²) in [6.07, 6.45) is 1.33. The third-order valence-electron chi connectivity index (χ3n) is 3.26. The molecule has 1 aromatic carbocycles. The van der Waals surface area contributed by atoms with Crippen molar-refractivity contribution in [2.75, 3.05) is 13.2 Å². The van der Waals surface area contributed by atoms with E-state index in [0.717, 1.165) is 11.1 Å². The van der Waals surface area contributed by atoms with Crippen LogP contribution in [0.2, 0.25) is 0 Å². The van der Waals surface area contributed by atoms with Crippen LogP contribution < -0.4 is 15.6 Å². The van der Waals surface area contributed by atoms with E-state index in [4.69, 9.17) is 13.9 Å². The second kappa shape index (κ2) is 8.53. The van der Waals surface area contributed by atoms with Gasteiger partial charge in [0.25, 0.3) is 5.91 Å². The smallest absolute Gasteiger partial charge is 0.344 e. The SMILES string of the molecule is Cc1ccc(OCC(=O)OCC(=O)NNC(=O)c2ccco2)cc1C. The highest BCUT2D eigenvalue weighted by Gasteiger charge is 2.12. The van der Waals surface area contributed by atoms with E-state index in [2.05, 4.69) is 10.9 Å². The van der Waals surface area contributed by atoms with Crippen molar-refractivity contribution in [2.24, 2.45) is 0 Å². The van der Waals surface area contributed by atoms with Crippen molar-refractivity contribution in [3.8, 4) is 5.75 Å². The molecule has 8 nitrogen and oxygen atoms in total. The maximum atomic E-state index is 11.6. The van der Waals surface area contributed by atoms with E-state index >= 15 is 0 Å². The zero-order chi connectivity index (χ0) is 18.2. The number of carbonyl (C=O) groups is 3. The van der Waals surface area contributed by atoms with E-state index < -0.39 is 24.4 Å². The minimum atomic E-state index is -0.703. The van der Waals surface area contributed by atoms with E-state index in [1.54, 1.807) is 12.1 Å². The summed E-state index contributed by atoms with van der Waals surface area (Å²) in [4.78, 5) is 34.6. The van der Waals surface area contributed by atoms with Crippen LogP contribution in [0.4, 0.5) is 0 Å². The first-order valence-corrected chi connectivity index (χ1v) is 7.44. The van der Waals surface area contributed by atoms with E-state index in [1.165, 1.54) is 18.4 Å². The van der Waals surface area contributed by atoms with Crippen LogP contribution in [0.25, 0.3) is 0 Å². The molecule has 0 spiro atoms. The summed E-state index contributed by atoms with van der Waals surface area (Å²) in [7, 11) is 0. The van der Waals surface area contributed by atoms with Crippen LogP contribution in [0.3, 0.4) is 0 Å². The Bertz CT molecular complexity index is 755. The van der Waals surface area contributed by atoms with Gasteiger partial charge < -0.3 is 13.9 Å². The Hall–Kier alpha value is -3.29. The van der Waals surface area contributed by atoms with E-state index in [1.807, 2.05) is 19.9 Å². The molecule has 1 aromatic heterocycles. The number of hydrazine groups is 1. The van der Waals surface area contributed by atoms with Gasteiger partial charge in [0.15, 0.2) is 19.0 Å². The number of nitrogens with one attached hydrogen (secondary N) is 2. The lowest BCUT2D eigenvalue weighted by molar-refractivity contribution is -0.150. The molecule has 25 heavy (non-hydrogen) atoms. The molecule has 0 saturated carbocycles. The van der Waals surface area contributed by atoms with Crippen molar-refractivity contribution in [3.63, 3.8) is 0 Å². The standard InChI is InChI=1S/C17H18N2O6/c1-11-5-6-13(8-12(11)2)24-10-16(21)25-9-15(20)18-19-17(22)14-4-3-7-23-14/h3-8H,9-10H2,1-2H3,(H,18,20)(H,19,22). The maximum Gasteiger partial charge on any atom is 0.344 e. The quantitative estimate of drug-likeness (QED) is 0.603. The summed E-state index contributed by atoms with van der Waals surface area (Å²) in [5.74, 6) is -1.44. The number of amides is 2. The Labute approximate surface area is 144 Å². The molecule has 0 aliphatic carbocycles. The van der Waals surface area contributed by atoms with Gasteiger partial charge in [-0.1, -0.05) is 6.07 Å². The Morgan fingerprint density at radius 1 is 1.04 bits per heavy atom. The summed E-state index contributed by atoms with van der Waals surface area (Å²) in [5.41, 5.74) is 6.37. The molecule has 0 unspecified atom stereocenters. The zero-order valence-corrected chi connectivity index (χ0v) is 13.8. The van der Waals surface area contributed by atoms with Gasteiger partial charge in [0.05, 0.1) is 6.26 Å². The van der Waals surface area contributed by atoms with Gasteiger partial charge in [-0.05, 0) is 49.2 Å². The summed E-state index contributed by atoms with van der Waals surface area (Å²) < 4.78 is 14.9. The first-order chi connectivity index (χ1) is 12.0. The molecule has 2 rings (SSSR count). The van der Waals surface area contributed by atoms with Gasteiger partial charge in [0, 0.05) is 0 Å². The van der Waals surface area contributed by atoms with Gasteiger partial charge in [-0.3, -0.25) is 20.4 Å². The second-order valence-corrected chi connectivity index (χ2v) is 5.18. The third kappa shape index (κ3) is 5.69. The molecular formula is C17H18N2O6. The van der Waals surface area contributed by atoms with Gasteiger partial charge in [0.1, 0.15) is 5.75 Å². The Morgan fingerprint density at radius 3 is 2.52 bits per heavy atom. The maximum absolute atomic E-state index is 11.6. The van der Waals surface area contributed by atoms with Crippen LogP contribution >= 0.6 is 0 Å². The lowest BCUT2D eigenvalue weighted by Gasteiger charge is -2.09. The number of ether oxygens (including phenoxy) is 2. The van der Waals surface area contributed by atoms with Crippen LogP contribution in [-0.2, 0) is 14.3 Å². The number of rotatable bonds is 6. The lowest BCUT2D eigenvalue weighted by Crippen LogP contribution is -2.43. The number of esters is 1. The van der Waals surface area contributed by atoms with Gasteiger partial charge in [0.2, 0.25) is 0 Å². The normalized spacial score (nSPS) is 10.0. The summed E-state index contributed by atoms with van der Waals surface area (Å²) in [6.45, 7) is 3.03. The van der Waals surface area contributed by atoms with Crippen molar-refractivity contribution in [1.82, 2.24) is 10.9 Å². The highest BCUT2D eigenvalue weighted by Crippen LogP contribution is 2.16. The fourth-order valence-corrected chi connectivity index (χ4v) is 1.77. The zero-order valence-electron chi connectivity index (χ0n) is 13.8. The number of benzene rings is 1. The highest BCUT2D eigenvalue weighted by atomic mass is 16.6. The van der Waals surface area contributed by atoms with Gasteiger partial charge >= 0.3 is 11.9 Å². The van der Waals surface area contributed by atoms with Gasteiger partial charge in [-0.15, -0.1) is 0 Å². The fraction of sp³-hybridized carbons (Fsp3) is 0.235. The lowest BCUT2D eigenvalue weighted by atomic mass is 10.1. The van der Waals surface area contributed by atoms with Crippen molar-refractivity contribution < 1.29 is 28.3 Å². The third-order valence-corrected chi connectivity index (χ3v) is 3.26. The van der Waals surface area contributed by atoms with Crippen LogP contribution in [0.15, 0.2) is 41.0 Å². The summed E-state index contributed by atoms with van der Waals surface area (Å²) in [6, 6.07) is 8.40. The van der Waals surface area contributed by atoms with Crippen molar-refractivity contribution >= 4 is 17.8 Å². The molecule has 1 heterocycles. The average molecular weight is 346 g/mol. The van der Waals surface area contributed by atoms with Crippen LogP contribution in [0, 0.1) is 13.8 Å². The molecule has 132 valence electrons. The number of furan rings is 1. The predicted octanol–water partition coefficient (Wildman–Crippen LogP) is 1.28. The Kier molecular flexibility index (Phi) is 6.16. The molecule has 2 amide bonds. The molecule has 2 aromatic rings. The minimum absolute atomic E-state index is 0.0408. The number of carbonyl (C=O) groups excluding carboxylic acids is 3. The van der Waals surface area contributed by atoms with E-state index in [9.17, 15) is 14.4 Å². The van der Waals surface area contributed by atoms with Crippen LogP contribution in [0.5, 0.6) is 5.75 Å². The Balaban J connectivity index is 1.66. The molecule has 0 bridgehead atoms. The first-order valence-electron chi connectivity index (χ1n) is 7.44. The predicted molar refractivity (Wildman–Crippen MR) is 86.7 cm³/mol. The molecule has 0 fully saturated rings. The largest absolute Gasteiger partial charge is 0.482 e. The van der Waals surface area contributed by atoms with Gasteiger partial charge in [-0.2, -0.15) is 0 Å². The topological polar surface area (TPSA) is 107 Å². The molecular weight excluding hydrogens is 328 g/mol. The summed E-state index contributed by atoms with van der Waals surface area (Å²) >= 11 is 0. The second-order valence-electron chi connectivity index (χ2n) is 5.18. The molecule has 0 radical (unpaired) electrons.